The first-order valence-corrected chi connectivity index (χ1v) is 3.82. The summed E-state index contributed by atoms with van der Waals surface area (Å²) in [6, 6.07) is 1.81. The number of phenols is 1. The van der Waals surface area contributed by atoms with Crippen molar-refractivity contribution in [1.29, 1.82) is 0 Å². The van der Waals surface area contributed by atoms with Gasteiger partial charge in [0, 0.05) is 0 Å². The van der Waals surface area contributed by atoms with Crippen molar-refractivity contribution in [3.05, 3.63) is 27.8 Å². The highest BCUT2D eigenvalue weighted by atomic mass is 16.6. The molecule has 0 spiro atoms. The van der Waals surface area contributed by atoms with Crippen molar-refractivity contribution in [2.75, 3.05) is 12.8 Å². The predicted octanol–water partition coefficient (Wildman–Crippen LogP) is 0.669. The van der Waals surface area contributed by atoms with Crippen LogP contribution < -0.4 is 5.73 Å². The fraction of sp³-hybridized carbons (Fsp3) is 0.125. The van der Waals surface area contributed by atoms with Crippen LogP contribution >= 0.6 is 0 Å². The minimum Gasteiger partial charge on any atom is -0.506 e. The van der Waals surface area contributed by atoms with Crippen LogP contribution in [0.4, 0.5) is 11.4 Å². The van der Waals surface area contributed by atoms with Crippen LogP contribution in [0.15, 0.2) is 12.1 Å². The van der Waals surface area contributed by atoms with Crippen molar-refractivity contribution in [3.63, 3.8) is 0 Å². The molecular formula is C8H8N2O5. The first-order chi connectivity index (χ1) is 6.97. The molecule has 0 amide bonds. The van der Waals surface area contributed by atoms with Gasteiger partial charge in [0.1, 0.15) is 11.3 Å². The maximum Gasteiger partial charge on any atom is 0.344 e. The first kappa shape index (κ1) is 10.8. The Morgan fingerprint density at radius 2 is 2.20 bits per heavy atom. The lowest BCUT2D eigenvalue weighted by Crippen LogP contribution is -2.06. The SMILES string of the molecule is COC(=O)c1cc(N)c(O)cc1[N+](=O)[O-]. The van der Waals surface area contributed by atoms with Gasteiger partial charge in [-0.15, -0.1) is 0 Å². The molecule has 0 unspecified atom stereocenters. The second-order valence-corrected chi connectivity index (χ2v) is 2.68. The summed E-state index contributed by atoms with van der Waals surface area (Å²) >= 11 is 0. The molecule has 0 heterocycles. The number of aromatic hydroxyl groups is 1. The molecule has 1 aromatic carbocycles. The van der Waals surface area contributed by atoms with E-state index in [4.69, 9.17) is 10.8 Å². The van der Waals surface area contributed by atoms with Gasteiger partial charge in [-0.25, -0.2) is 4.79 Å². The molecule has 0 aliphatic rings. The molecule has 7 heteroatoms. The van der Waals surface area contributed by atoms with Crippen molar-refractivity contribution >= 4 is 17.3 Å². The van der Waals surface area contributed by atoms with Crippen molar-refractivity contribution in [3.8, 4) is 5.75 Å². The van der Waals surface area contributed by atoms with Gasteiger partial charge in [-0.3, -0.25) is 10.1 Å². The Balaban J connectivity index is 3.41. The fourth-order valence-electron chi connectivity index (χ4n) is 1.02. The van der Waals surface area contributed by atoms with Gasteiger partial charge in [-0.1, -0.05) is 0 Å². The van der Waals surface area contributed by atoms with Crippen LogP contribution in [0.1, 0.15) is 10.4 Å². The number of carbonyl (C=O) groups is 1. The Hall–Kier alpha value is -2.31. The second kappa shape index (κ2) is 3.82. The summed E-state index contributed by atoms with van der Waals surface area (Å²) in [7, 11) is 1.09. The third-order valence-electron chi connectivity index (χ3n) is 1.75. The standard InChI is InChI=1S/C8H8N2O5/c1-15-8(12)4-2-5(9)7(11)3-6(4)10(13)14/h2-3,11H,9H2,1H3. The number of nitro benzene ring substituents is 1. The number of hydrogen-bond acceptors (Lipinski definition) is 6. The number of nitrogens with zero attached hydrogens (tertiary/aromatic N) is 1. The minimum absolute atomic E-state index is 0.124. The molecule has 0 saturated carbocycles. The summed E-state index contributed by atoms with van der Waals surface area (Å²) in [6.07, 6.45) is 0. The zero-order valence-electron chi connectivity index (χ0n) is 7.76. The fourth-order valence-corrected chi connectivity index (χ4v) is 1.02. The number of hydrogen-bond donors (Lipinski definition) is 2. The maximum atomic E-state index is 11.1. The van der Waals surface area contributed by atoms with Gasteiger partial charge >= 0.3 is 5.97 Å². The van der Waals surface area contributed by atoms with Crippen LogP contribution in [0.2, 0.25) is 0 Å². The Labute approximate surface area is 84.2 Å². The molecule has 7 nitrogen and oxygen atoms in total. The number of nitrogens with two attached hydrogens (primary N) is 1. The molecule has 0 bridgehead atoms. The van der Waals surface area contributed by atoms with E-state index in [0.29, 0.717) is 0 Å². The Bertz CT molecular complexity index is 429. The van der Waals surface area contributed by atoms with Crippen LogP contribution in [0.25, 0.3) is 0 Å². The molecule has 1 aromatic rings. The quantitative estimate of drug-likeness (QED) is 0.244. The Kier molecular flexibility index (Phi) is 2.75. The summed E-state index contributed by atoms with van der Waals surface area (Å²) in [5.74, 6) is -1.33. The number of nitro groups is 1. The normalized spacial score (nSPS) is 9.67. The summed E-state index contributed by atoms with van der Waals surface area (Å²) in [4.78, 5) is 20.9. The third-order valence-corrected chi connectivity index (χ3v) is 1.75. The third kappa shape index (κ3) is 1.96. The summed E-state index contributed by atoms with van der Waals surface area (Å²) in [5.41, 5.74) is 4.34. The molecule has 0 aliphatic carbocycles. The highest BCUT2D eigenvalue weighted by Gasteiger charge is 2.23. The van der Waals surface area contributed by atoms with Crippen LogP contribution in [0, 0.1) is 10.1 Å². The van der Waals surface area contributed by atoms with E-state index < -0.39 is 22.3 Å². The van der Waals surface area contributed by atoms with Crippen LogP contribution in [0.3, 0.4) is 0 Å². The smallest absolute Gasteiger partial charge is 0.344 e. The molecule has 1 rings (SSSR count). The molecule has 0 fully saturated rings. The molecule has 80 valence electrons. The van der Waals surface area contributed by atoms with Gasteiger partial charge in [0.2, 0.25) is 0 Å². The number of benzene rings is 1. The van der Waals surface area contributed by atoms with E-state index in [1.165, 1.54) is 0 Å². The summed E-state index contributed by atoms with van der Waals surface area (Å²) in [6.45, 7) is 0. The highest BCUT2D eigenvalue weighted by molar-refractivity contribution is 5.95. The zero-order valence-corrected chi connectivity index (χ0v) is 7.76. The van der Waals surface area contributed by atoms with Gasteiger partial charge in [0.15, 0.2) is 0 Å². The van der Waals surface area contributed by atoms with Gasteiger partial charge in [-0.05, 0) is 6.07 Å². The van der Waals surface area contributed by atoms with E-state index in [9.17, 15) is 14.9 Å². The molecule has 0 saturated heterocycles. The van der Waals surface area contributed by atoms with Crippen molar-refractivity contribution in [2.24, 2.45) is 0 Å². The Morgan fingerprint density at radius 3 is 2.67 bits per heavy atom. The van der Waals surface area contributed by atoms with E-state index in [1.54, 1.807) is 0 Å². The van der Waals surface area contributed by atoms with Gasteiger partial charge in [0.05, 0.1) is 23.8 Å². The maximum absolute atomic E-state index is 11.1. The van der Waals surface area contributed by atoms with Crippen molar-refractivity contribution in [2.45, 2.75) is 0 Å². The minimum atomic E-state index is -0.881. The van der Waals surface area contributed by atoms with E-state index in [-0.39, 0.29) is 11.3 Å². The number of nitrogen functional groups attached to an aromatic ring is 1. The number of rotatable bonds is 2. The average molecular weight is 212 g/mol. The van der Waals surface area contributed by atoms with Gasteiger partial charge in [0.25, 0.3) is 5.69 Å². The van der Waals surface area contributed by atoms with Crippen LogP contribution in [-0.4, -0.2) is 23.1 Å². The molecule has 0 radical (unpaired) electrons. The monoisotopic (exact) mass is 212 g/mol. The molecule has 0 aromatic heterocycles. The Morgan fingerprint density at radius 1 is 1.60 bits per heavy atom. The molecular weight excluding hydrogens is 204 g/mol. The van der Waals surface area contributed by atoms with E-state index in [1.807, 2.05) is 0 Å². The molecule has 3 N–H and O–H groups in total. The molecule has 15 heavy (non-hydrogen) atoms. The lowest BCUT2D eigenvalue weighted by molar-refractivity contribution is -0.385. The van der Waals surface area contributed by atoms with Gasteiger partial charge < -0.3 is 15.6 Å². The average Bonchev–Trinajstić information content (AvgIpc) is 2.20. The van der Waals surface area contributed by atoms with Crippen LogP contribution in [0.5, 0.6) is 5.75 Å². The highest BCUT2D eigenvalue weighted by Crippen LogP contribution is 2.30. The number of phenolic OH excluding ortho intramolecular Hbond substituents is 1. The number of ether oxygens (including phenoxy) is 1. The van der Waals surface area contributed by atoms with E-state index in [2.05, 4.69) is 4.74 Å². The number of anilines is 1. The zero-order chi connectivity index (χ0) is 11.6. The summed E-state index contributed by atoms with van der Waals surface area (Å²) < 4.78 is 4.34. The van der Waals surface area contributed by atoms with Crippen LogP contribution in [-0.2, 0) is 4.74 Å². The predicted molar refractivity (Wildman–Crippen MR) is 50.5 cm³/mol. The topological polar surface area (TPSA) is 116 Å². The van der Waals surface area contributed by atoms with E-state index in [0.717, 1.165) is 19.2 Å². The largest absolute Gasteiger partial charge is 0.506 e. The number of carbonyl (C=O) groups excluding carboxylic acids is 1. The lowest BCUT2D eigenvalue weighted by Gasteiger charge is -2.03. The van der Waals surface area contributed by atoms with Crippen molar-refractivity contribution < 1.29 is 19.6 Å². The number of methoxy groups -OCH3 is 1. The summed E-state index contributed by atoms with van der Waals surface area (Å²) in [5, 5.41) is 19.7. The van der Waals surface area contributed by atoms with E-state index >= 15 is 0 Å². The van der Waals surface area contributed by atoms with Gasteiger partial charge in [-0.2, -0.15) is 0 Å². The molecule has 0 aliphatic heterocycles. The number of esters is 1. The molecule has 0 atom stereocenters. The lowest BCUT2D eigenvalue weighted by atomic mass is 10.1. The van der Waals surface area contributed by atoms with Crippen molar-refractivity contribution in [1.82, 2.24) is 0 Å². The first-order valence-electron chi connectivity index (χ1n) is 3.82. The second-order valence-electron chi connectivity index (χ2n) is 2.68.